The number of pyridine rings is 1. The lowest BCUT2D eigenvalue weighted by Gasteiger charge is -2.04. The van der Waals surface area contributed by atoms with Gasteiger partial charge in [0.15, 0.2) is 5.58 Å². The Morgan fingerprint density at radius 2 is 2.11 bits per heavy atom. The second kappa shape index (κ2) is 5.03. The molecular weight excluding hydrogens is 260 g/mol. The van der Waals surface area contributed by atoms with Crippen LogP contribution in [0.15, 0.2) is 57.3 Å². The van der Waals surface area contributed by atoms with Crippen LogP contribution < -0.4 is 0 Å². The van der Waals surface area contributed by atoms with E-state index in [-0.39, 0.29) is 0 Å². The minimum Gasteiger partial charge on any atom is -0.431 e. The van der Waals surface area contributed by atoms with Crippen molar-refractivity contribution in [2.45, 2.75) is 23.3 Å². The summed E-state index contributed by atoms with van der Waals surface area (Å²) in [6.07, 6.45) is 1.17. The fourth-order valence-corrected chi connectivity index (χ4v) is 2.49. The highest BCUT2D eigenvalue weighted by Gasteiger charge is 2.09. The van der Waals surface area contributed by atoms with E-state index < -0.39 is 6.10 Å². The lowest BCUT2D eigenvalue weighted by atomic mass is 10.2. The molecule has 0 radical (unpaired) electrons. The van der Waals surface area contributed by atoms with Crippen LogP contribution in [-0.2, 0) is 0 Å². The molecule has 19 heavy (non-hydrogen) atoms. The predicted molar refractivity (Wildman–Crippen MR) is 73.0 cm³/mol. The summed E-state index contributed by atoms with van der Waals surface area (Å²) in [7, 11) is 0. The highest BCUT2D eigenvalue weighted by atomic mass is 32.2. The van der Waals surface area contributed by atoms with Gasteiger partial charge in [0.1, 0.15) is 10.5 Å². The summed E-state index contributed by atoms with van der Waals surface area (Å²) in [5.74, 6) is 0. The second-order valence-corrected chi connectivity index (χ2v) is 5.12. The molecule has 1 aromatic carbocycles. The van der Waals surface area contributed by atoms with Gasteiger partial charge in [0, 0.05) is 6.20 Å². The van der Waals surface area contributed by atoms with Crippen LogP contribution in [0.1, 0.15) is 18.6 Å². The molecule has 2 heterocycles. The summed E-state index contributed by atoms with van der Waals surface area (Å²) in [5.41, 5.74) is 2.42. The first-order valence-electron chi connectivity index (χ1n) is 5.90. The first-order chi connectivity index (χ1) is 9.22. The molecule has 0 bridgehead atoms. The van der Waals surface area contributed by atoms with Crippen LogP contribution >= 0.6 is 11.8 Å². The zero-order valence-electron chi connectivity index (χ0n) is 10.3. The third kappa shape index (κ3) is 2.62. The molecule has 4 nitrogen and oxygen atoms in total. The van der Waals surface area contributed by atoms with Crippen LogP contribution in [0, 0.1) is 0 Å². The summed E-state index contributed by atoms with van der Waals surface area (Å²) in [6, 6.07) is 11.2. The summed E-state index contributed by atoms with van der Waals surface area (Å²) >= 11 is 1.34. The van der Waals surface area contributed by atoms with Gasteiger partial charge in [-0.05, 0) is 48.5 Å². The highest BCUT2D eigenvalue weighted by Crippen LogP contribution is 2.29. The van der Waals surface area contributed by atoms with E-state index in [1.165, 1.54) is 11.8 Å². The van der Waals surface area contributed by atoms with Crippen LogP contribution in [0.25, 0.3) is 11.1 Å². The average molecular weight is 272 g/mol. The molecule has 0 aliphatic carbocycles. The Morgan fingerprint density at radius 3 is 2.89 bits per heavy atom. The molecule has 3 rings (SSSR count). The van der Waals surface area contributed by atoms with Crippen molar-refractivity contribution in [1.82, 2.24) is 9.97 Å². The quantitative estimate of drug-likeness (QED) is 0.791. The van der Waals surface area contributed by atoms with E-state index in [1.807, 2.05) is 30.3 Å². The third-order valence-electron chi connectivity index (χ3n) is 2.71. The van der Waals surface area contributed by atoms with Crippen molar-refractivity contribution in [3.8, 4) is 0 Å². The normalized spacial score (nSPS) is 12.7. The number of rotatable bonds is 3. The fraction of sp³-hybridized carbons (Fsp3) is 0.143. The maximum atomic E-state index is 9.55. The molecule has 0 aliphatic rings. The van der Waals surface area contributed by atoms with Crippen LogP contribution in [0.3, 0.4) is 0 Å². The Kier molecular flexibility index (Phi) is 3.23. The number of para-hydroxylation sites is 2. The number of aliphatic hydroxyl groups excluding tert-OH is 1. The average Bonchev–Trinajstić information content (AvgIpc) is 2.81. The molecule has 0 aliphatic heterocycles. The van der Waals surface area contributed by atoms with Crippen LogP contribution in [0.2, 0.25) is 0 Å². The van der Waals surface area contributed by atoms with Gasteiger partial charge in [-0.3, -0.25) is 0 Å². The smallest absolute Gasteiger partial charge is 0.263 e. The Labute approximate surface area is 114 Å². The van der Waals surface area contributed by atoms with Gasteiger partial charge in [0.2, 0.25) is 0 Å². The lowest BCUT2D eigenvalue weighted by molar-refractivity contribution is 0.199. The van der Waals surface area contributed by atoms with Gasteiger partial charge < -0.3 is 9.52 Å². The molecule has 3 aromatic rings. The van der Waals surface area contributed by atoms with E-state index in [0.717, 1.165) is 21.7 Å². The Bertz CT molecular complexity index is 676. The number of aromatic nitrogens is 2. The van der Waals surface area contributed by atoms with Crippen molar-refractivity contribution < 1.29 is 9.52 Å². The van der Waals surface area contributed by atoms with Gasteiger partial charge in [0.25, 0.3) is 5.22 Å². The minimum atomic E-state index is -0.508. The number of hydrogen-bond acceptors (Lipinski definition) is 5. The highest BCUT2D eigenvalue weighted by molar-refractivity contribution is 7.99. The number of benzene rings is 1. The Morgan fingerprint density at radius 1 is 1.26 bits per heavy atom. The summed E-state index contributed by atoms with van der Waals surface area (Å²) in [4.78, 5) is 8.62. The molecule has 0 spiro atoms. The standard InChI is InChI=1S/C14H12N2O2S/c1-9(17)10-6-7-15-13(8-10)19-14-16-11-4-2-3-5-12(11)18-14/h2-9,17H,1H3. The van der Waals surface area contributed by atoms with E-state index in [1.54, 1.807) is 19.2 Å². The number of nitrogens with zero attached hydrogens (tertiary/aromatic N) is 2. The fourth-order valence-electron chi connectivity index (χ4n) is 1.72. The van der Waals surface area contributed by atoms with E-state index >= 15 is 0 Å². The zero-order chi connectivity index (χ0) is 13.2. The molecule has 2 aromatic heterocycles. The summed E-state index contributed by atoms with van der Waals surface area (Å²) in [6.45, 7) is 1.73. The molecule has 5 heteroatoms. The van der Waals surface area contributed by atoms with E-state index in [9.17, 15) is 5.11 Å². The summed E-state index contributed by atoms with van der Waals surface area (Å²) < 4.78 is 5.62. The molecule has 0 saturated carbocycles. The van der Waals surface area contributed by atoms with Gasteiger partial charge in [-0.25, -0.2) is 9.97 Å². The van der Waals surface area contributed by atoms with E-state index in [4.69, 9.17) is 4.42 Å². The largest absolute Gasteiger partial charge is 0.431 e. The molecule has 0 saturated heterocycles. The number of hydrogen-bond donors (Lipinski definition) is 1. The minimum absolute atomic E-state index is 0.508. The monoisotopic (exact) mass is 272 g/mol. The maximum Gasteiger partial charge on any atom is 0.263 e. The lowest BCUT2D eigenvalue weighted by Crippen LogP contribution is -1.92. The van der Waals surface area contributed by atoms with Gasteiger partial charge >= 0.3 is 0 Å². The topological polar surface area (TPSA) is 59.2 Å². The Hall–Kier alpha value is -1.85. The number of fused-ring (bicyclic) bond motifs is 1. The van der Waals surface area contributed by atoms with Crippen molar-refractivity contribution in [1.29, 1.82) is 0 Å². The summed E-state index contributed by atoms with van der Waals surface area (Å²) in [5, 5.41) is 10.9. The zero-order valence-corrected chi connectivity index (χ0v) is 11.1. The number of aliphatic hydroxyl groups is 1. The van der Waals surface area contributed by atoms with Crippen molar-refractivity contribution in [3.05, 3.63) is 48.2 Å². The van der Waals surface area contributed by atoms with Gasteiger partial charge in [-0.2, -0.15) is 0 Å². The van der Waals surface area contributed by atoms with Crippen LogP contribution in [-0.4, -0.2) is 15.1 Å². The van der Waals surface area contributed by atoms with Crippen molar-refractivity contribution >= 4 is 22.9 Å². The molecule has 96 valence electrons. The third-order valence-corrected chi connectivity index (χ3v) is 3.49. The molecule has 1 N–H and O–H groups in total. The predicted octanol–water partition coefficient (Wildman–Crippen LogP) is 3.43. The first-order valence-corrected chi connectivity index (χ1v) is 6.71. The first kappa shape index (κ1) is 12.2. The van der Waals surface area contributed by atoms with E-state index in [0.29, 0.717) is 5.22 Å². The second-order valence-electron chi connectivity index (χ2n) is 4.15. The van der Waals surface area contributed by atoms with Crippen LogP contribution in [0.5, 0.6) is 0 Å². The SMILES string of the molecule is CC(O)c1ccnc(Sc2nc3ccccc3o2)c1. The maximum absolute atomic E-state index is 9.55. The van der Waals surface area contributed by atoms with Gasteiger partial charge in [-0.1, -0.05) is 12.1 Å². The van der Waals surface area contributed by atoms with Crippen molar-refractivity contribution in [3.63, 3.8) is 0 Å². The van der Waals surface area contributed by atoms with Crippen molar-refractivity contribution in [2.75, 3.05) is 0 Å². The molecule has 0 fully saturated rings. The molecule has 1 unspecified atom stereocenters. The molecule has 1 atom stereocenters. The van der Waals surface area contributed by atoms with Crippen LogP contribution in [0.4, 0.5) is 0 Å². The van der Waals surface area contributed by atoms with E-state index in [2.05, 4.69) is 9.97 Å². The molecule has 0 amide bonds. The molecular formula is C14H12N2O2S. The van der Waals surface area contributed by atoms with Gasteiger partial charge in [-0.15, -0.1) is 0 Å². The van der Waals surface area contributed by atoms with Crippen molar-refractivity contribution in [2.24, 2.45) is 0 Å². The van der Waals surface area contributed by atoms with Gasteiger partial charge in [0.05, 0.1) is 6.10 Å². The Balaban J connectivity index is 1.90. The number of oxazole rings is 1.